The standard InChI is InChI=1S/C25H29N5O6/c26-18-2-5-20(6-3-18)36-14-13-35-12-11-34-10-9-27-19-4-1-17-16-28-30(25(33)21(17)15-19)22-7-8-23(31)29-24(22)32/h1-6,15-16,22,27H,7-14,26H2,(H,29,31,32). The number of imide groups is 1. The Morgan fingerprint density at radius 2 is 1.75 bits per heavy atom. The number of rotatable bonds is 12. The second-order valence-corrected chi connectivity index (χ2v) is 8.23. The van der Waals surface area contributed by atoms with E-state index in [-0.39, 0.29) is 24.3 Å². The molecule has 190 valence electrons. The highest BCUT2D eigenvalue weighted by Crippen LogP contribution is 2.19. The van der Waals surface area contributed by atoms with Crippen molar-refractivity contribution in [3.05, 3.63) is 59.0 Å². The molecule has 2 amide bonds. The van der Waals surface area contributed by atoms with E-state index >= 15 is 0 Å². The number of aromatic nitrogens is 2. The molecule has 1 aromatic heterocycles. The molecular formula is C25H29N5O6. The summed E-state index contributed by atoms with van der Waals surface area (Å²) in [5, 5.41) is 10.7. The lowest BCUT2D eigenvalue weighted by Crippen LogP contribution is -2.45. The minimum absolute atomic E-state index is 0.173. The topological polar surface area (TPSA) is 147 Å². The van der Waals surface area contributed by atoms with Crippen molar-refractivity contribution in [2.24, 2.45) is 0 Å². The minimum atomic E-state index is -0.795. The molecule has 4 rings (SSSR count). The van der Waals surface area contributed by atoms with Crippen LogP contribution in [-0.4, -0.2) is 61.2 Å². The maximum Gasteiger partial charge on any atom is 0.275 e. The van der Waals surface area contributed by atoms with Crippen LogP contribution in [0.4, 0.5) is 11.4 Å². The lowest BCUT2D eigenvalue weighted by molar-refractivity contribution is -0.136. The van der Waals surface area contributed by atoms with E-state index in [4.69, 9.17) is 19.9 Å². The fraction of sp³-hybridized carbons (Fsp3) is 0.360. The zero-order valence-corrected chi connectivity index (χ0v) is 19.8. The first-order valence-corrected chi connectivity index (χ1v) is 11.7. The van der Waals surface area contributed by atoms with E-state index in [0.29, 0.717) is 56.0 Å². The molecule has 1 fully saturated rings. The number of piperidine rings is 1. The van der Waals surface area contributed by atoms with Gasteiger partial charge in [-0.2, -0.15) is 5.10 Å². The van der Waals surface area contributed by atoms with Crippen LogP contribution < -0.4 is 26.7 Å². The van der Waals surface area contributed by atoms with Crippen molar-refractivity contribution < 1.29 is 23.8 Å². The number of amides is 2. The molecule has 0 bridgehead atoms. The van der Waals surface area contributed by atoms with E-state index in [1.807, 2.05) is 18.2 Å². The predicted molar refractivity (Wildman–Crippen MR) is 134 cm³/mol. The lowest BCUT2D eigenvalue weighted by atomic mass is 10.1. The van der Waals surface area contributed by atoms with E-state index in [2.05, 4.69) is 15.7 Å². The molecule has 0 spiro atoms. The quantitative estimate of drug-likeness (QED) is 0.193. The largest absolute Gasteiger partial charge is 0.491 e. The number of benzene rings is 2. The number of nitrogens with two attached hydrogens (primary N) is 1. The predicted octanol–water partition coefficient (Wildman–Crippen LogP) is 1.48. The van der Waals surface area contributed by atoms with Crippen molar-refractivity contribution in [2.75, 3.05) is 50.6 Å². The van der Waals surface area contributed by atoms with Gasteiger partial charge in [0.2, 0.25) is 5.91 Å². The summed E-state index contributed by atoms with van der Waals surface area (Å²) in [6.07, 6.45) is 1.97. The Morgan fingerprint density at radius 3 is 2.53 bits per heavy atom. The Morgan fingerprint density at radius 1 is 1.00 bits per heavy atom. The number of nitrogens with one attached hydrogen (secondary N) is 2. The zero-order valence-electron chi connectivity index (χ0n) is 19.8. The Hall–Kier alpha value is -3.96. The highest BCUT2D eigenvalue weighted by molar-refractivity contribution is 5.99. The van der Waals surface area contributed by atoms with Gasteiger partial charge in [0.1, 0.15) is 18.4 Å². The third-order valence-electron chi connectivity index (χ3n) is 5.64. The van der Waals surface area contributed by atoms with Gasteiger partial charge in [0.25, 0.3) is 11.5 Å². The maximum absolute atomic E-state index is 13.0. The zero-order chi connectivity index (χ0) is 25.3. The average molecular weight is 496 g/mol. The lowest BCUT2D eigenvalue weighted by Gasteiger charge is -2.21. The van der Waals surface area contributed by atoms with Gasteiger partial charge in [-0.05, 0) is 42.8 Å². The molecule has 2 aromatic carbocycles. The number of hydrogen-bond donors (Lipinski definition) is 3. The summed E-state index contributed by atoms with van der Waals surface area (Å²) in [4.78, 5) is 36.5. The first-order valence-electron chi connectivity index (χ1n) is 11.7. The van der Waals surface area contributed by atoms with Gasteiger partial charge in [-0.15, -0.1) is 0 Å². The molecule has 0 radical (unpaired) electrons. The molecule has 11 heteroatoms. The second kappa shape index (κ2) is 12.1. The number of hydrogen-bond acceptors (Lipinski definition) is 9. The van der Waals surface area contributed by atoms with Crippen LogP contribution in [0.25, 0.3) is 10.8 Å². The van der Waals surface area contributed by atoms with Gasteiger partial charge in [0.05, 0.1) is 38.0 Å². The van der Waals surface area contributed by atoms with E-state index in [1.165, 1.54) is 0 Å². The molecule has 4 N–H and O–H groups in total. The first kappa shape index (κ1) is 25.1. The number of ether oxygens (including phenoxy) is 3. The van der Waals surface area contributed by atoms with Crippen molar-refractivity contribution in [3.8, 4) is 5.75 Å². The third-order valence-corrected chi connectivity index (χ3v) is 5.64. The molecule has 2 heterocycles. The van der Waals surface area contributed by atoms with E-state index < -0.39 is 11.9 Å². The van der Waals surface area contributed by atoms with Gasteiger partial charge in [-0.1, -0.05) is 6.07 Å². The molecule has 3 aromatic rings. The molecule has 11 nitrogen and oxygen atoms in total. The molecule has 1 unspecified atom stereocenters. The fourth-order valence-corrected chi connectivity index (χ4v) is 3.77. The monoisotopic (exact) mass is 495 g/mol. The van der Waals surface area contributed by atoms with Crippen molar-refractivity contribution in [3.63, 3.8) is 0 Å². The smallest absolute Gasteiger partial charge is 0.275 e. The maximum atomic E-state index is 13.0. The Bertz CT molecular complexity index is 1260. The SMILES string of the molecule is Nc1ccc(OCCOCCOCCNc2ccc3cnn(C4CCC(=O)NC4=O)c(=O)c3c2)cc1. The van der Waals surface area contributed by atoms with Crippen LogP contribution in [0, 0.1) is 0 Å². The van der Waals surface area contributed by atoms with E-state index in [0.717, 1.165) is 16.1 Å². The van der Waals surface area contributed by atoms with Crippen LogP contribution in [0.15, 0.2) is 53.5 Å². The normalized spacial score (nSPS) is 15.6. The molecule has 1 aliphatic rings. The molecule has 0 aliphatic carbocycles. The fourth-order valence-electron chi connectivity index (χ4n) is 3.77. The summed E-state index contributed by atoms with van der Waals surface area (Å²) < 4.78 is 17.8. The Labute approximate surface area is 207 Å². The molecular weight excluding hydrogens is 466 g/mol. The third kappa shape index (κ3) is 6.58. The number of nitrogen functional groups attached to an aromatic ring is 1. The summed E-state index contributed by atoms with van der Waals surface area (Å²) in [6, 6.07) is 11.8. The molecule has 0 saturated carbocycles. The van der Waals surface area contributed by atoms with Gasteiger partial charge in [0, 0.05) is 29.7 Å². The Kier molecular flexibility index (Phi) is 8.48. The summed E-state index contributed by atoms with van der Waals surface area (Å²) in [5.41, 5.74) is 6.70. The highest BCUT2D eigenvalue weighted by Gasteiger charge is 2.29. The van der Waals surface area contributed by atoms with Gasteiger partial charge >= 0.3 is 0 Å². The Balaban J connectivity index is 1.17. The van der Waals surface area contributed by atoms with Crippen LogP contribution in [0.5, 0.6) is 5.75 Å². The molecule has 1 atom stereocenters. The molecule has 36 heavy (non-hydrogen) atoms. The summed E-state index contributed by atoms with van der Waals surface area (Å²) >= 11 is 0. The van der Waals surface area contributed by atoms with Gasteiger partial charge < -0.3 is 25.3 Å². The van der Waals surface area contributed by atoms with Gasteiger partial charge in [0.15, 0.2) is 0 Å². The summed E-state index contributed by atoms with van der Waals surface area (Å²) in [7, 11) is 0. The number of fused-ring (bicyclic) bond motifs is 1. The minimum Gasteiger partial charge on any atom is -0.491 e. The average Bonchev–Trinajstić information content (AvgIpc) is 2.87. The van der Waals surface area contributed by atoms with Gasteiger partial charge in [-0.25, -0.2) is 4.68 Å². The van der Waals surface area contributed by atoms with Crippen molar-refractivity contribution >= 4 is 34.0 Å². The van der Waals surface area contributed by atoms with Crippen LogP contribution in [0.2, 0.25) is 0 Å². The molecule has 1 saturated heterocycles. The van der Waals surface area contributed by atoms with Crippen LogP contribution in [0.3, 0.4) is 0 Å². The highest BCUT2D eigenvalue weighted by atomic mass is 16.5. The van der Waals surface area contributed by atoms with Crippen LogP contribution >= 0.6 is 0 Å². The number of carbonyl (C=O) groups is 2. The van der Waals surface area contributed by atoms with Crippen molar-refractivity contribution in [1.29, 1.82) is 0 Å². The van der Waals surface area contributed by atoms with Crippen molar-refractivity contribution in [2.45, 2.75) is 18.9 Å². The summed E-state index contributed by atoms with van der Waals surface area (Å²) in [6.45, 7) is 2.79. The summed E-state index contributed by atoms with van der Waals surface area (Å²) in [5.74, 6) is -0.103. The van der Waals surface area contributed by atoms with Crippen LogP contribution in [0.1, 0.15) is 18.9 Å². The van der Waals surface area contributed by atoms with E-state index in [1.54, 1.807) is 30.5 Å². The van der Waals surface area contributed by atoms with E-state index in [9.17, 15) is 14.4 Å². The van der Waals surface area contributed by atoms with Crippen molar-refractivity contribution in [1.82, 2.24) is 15.1 Å². The van der Waals surface area contributed by atoms with Crippen LogP contribution in [-0.2, 0) is 19.1 Å². The van der Waals surface area contributed by atoms with Gasteiger partial charge in [-0.3, -0.25) is 19.7 Å². The number of nitrogens with zero attached hydrogens (tertiary/aromatic N) is 2. The second-order valence-electron chi connectivity index (χ2n) is 8.23. The number of carbonyl (C=O) groups excluding carboxylic acids is 2. The number of anilines is 2. The first-order chi connectivity index (χ1) is 17.5. The molecule has 1 aliphatic heterocycles.